The average molecular weight is 225 g/mol. The molecule has 1 aliphatic rings. The number of ether oxygens (including phenoxy) is 1. The number of methoxy groups -OCH3 is 1. The zero-order valence-corrected chi connectivity index (χ0v) is 9.27. The van der Waals surface area contributed by atoms with Crippen molar-refractivity contribution < 1.29 is 19.1 Å². The van der Waals surface area contributed by atoms with Crippen LogP contribution in [0, 0.1) is 0 Å². The summed E-state index contributed by atoms with van der Waals surface area (Å²) < 4.78 is 4.32. The van der Waals surface area contributed by atoms with Crippen molar-refractivity contribution in [3.8, 4) is 0 Å². The standard InChI is InChI=1S/C11H15NO4/c1-16-10(14)6-5-9(13)11(15)12-7-3-2-4-8-12/h5-6H,2-4,7-8H2,1H3/b6-5+. The van der Waals surface area contributed by atoms with E-state index in [4.69, 9.17) is 0 Å². The third-order valence-corrected chi connectivity index (χ3v) is 2.43. The van der Waals surface area contributed by atoms with Gasteiger partial charge in [-0.15, -0.1) is 0 Å². The maximum Gasteiger partial charge on any atom is 0.330 e. The summed E-state index contributed by atoms with van der Waals surface area (Å²) in [7, 11) is 1.21. The summed E-state index contributed by atoms with van der Waals surface area (Å²) in [5.41, 5.74) is 0. The Bertz CT molecular complexity index is 316. The Morgan fingerprint density at radius 3 is 2.25 bits per heavy atom. The lowest BCUT2D eigenvalue weighted by Gasteiger charge is -2.25. The van der Waals surface area contributed by atoms with Crippen LogP contribution in [0.4, 0.5) is 0 Å². The summed E-state index contributed by atoms with van der Waals surface area (Å²) >= 11 is 0. The number of hydrogen-bond acceptors (Lipinski definition) is 4. The van der Waals surface area contributed by atoms with Crippen LogP contribution < -0.4 is 0 Å². The predicted octanol–water partition coefficient (Wildman–Crippen LogP) is 0.297. The smallest absolute Gasteiger partial charge is 0.330 e. The lowest BCUT2D eigenvalue weighted by atomic mass is 10.1. The number of esters is 1. The van der Waals surface area contributed by atoms with E-state index in [0.29, 0.717) is 13.1 Å². The fourth-order valence-corrected chi connectivity index (χ4v) is 1.54. The van der Waals surface area contributed by atoms with Gasteiger partial charge in [-0.1, -0.05) is 0 Å². The summed E-state index contributed by atoms with van der Waals surface area (Å²) in [6.45, 7) is 1.24. The van der Waals surface area contributed by atoms with Crippen molar-refractivity contribution in [2.75, 3.05) is 20.2 Å². The molecule has 0 aromatic carbocycles. The van der Waals surface area contributed by atoms with Crippen LogP contribution in [0.25, 0.3) is 0 Å². The molecule has 88 valence electrons. The van der Waals surface area contributed by atoms with Crippen molar-refractivity contribution in [2.45, 2.75) is 19.3 Å². The topological polar surface area (TPSA) is 63.7 Å². The summed E-state index contributed by atoms with van der Waals surface area (Å²) in [4.78, 5) is 35.2. The van der Waals surface area contributed by atoms with E-state index in [2.05, 4.69) is 4.74 Å². The van der Waals surface area contributed by atoms with Crippen LogP contribution in [0.15, 0.2) is 12.2 Å². The molecule has 0 spiro atoms. The van der Waals surface area contributed by atoms with Crippen molar-refractivity contribution in [1.29, 1.82) is 0 Å². The largest absolute Gasteiger partial charge is 0.466 e. The summed E-state index contributed by atoms with van der Waals surface area (Å²) in [5, 5.41) is 0. The molecule has 5 heteroatoms. The number of ketones is 1. The molecule has 0 saturated carbocycles. The Kier molecular flexibility index (Phi) is 4.69. The van der Waals surface area contributed by atoms with Gasteiger partial charge in [0.05, 0.1) is 7.11 Å². The highest BCUT2D eigenvalue weighted by Crippen LogP contribution is 2.08. The van der Waals surface area contributed by atoms with Gasteiger partial charge in [0.2, 0.25) is 5.78 Å². The van der Waals surface area contributed by atoms with E-state index in [9.17, 15) is 14.4 Å². The predicted molar refractivity (Wildman–Crippen MR) is 56.6 cm³/mol. The Hall–Kier alpha value is -1.65. The van der Waals surface area contributed by atoms with E-state index >= 15 is 0 Å². The molecule has 0 aromatic heterocycles. The van der Waals surface area contributed by atoms with Gasteiger partial charge >= 0.3 is 5.97 Å². The molecule has 0 aliphatic carbocycles. The zero-order chi connectivity index (χ0) is 12.0. The van der Waals surface area contributed by atoms with Crippen molar-refractivity contribution in [3.05, 3.63) is 12.2 Å². The Labute approximate surface area is 94.1 Å². The number of amides is 1. The normalized spacial score (nSPS) is 16.2. The van der Waals surface area contributed by atoms with Gasteiger partial charge in [-0.25, -0.2) is 4.79 Å². The van der Waals surface area contributed by atoms with E-state index in [0.717, 1.165) is 31.4 Å². The number of carbonyl (C=O) groups excluding carboxylic acids is 3. The fourth-order valence-electron chi connectivity index (χ4n) is 1.54. The van der Waals surface area contributed by atoms with Crippen LogP contribution in [0.2, 0.25) is 0 Å². The molecule has 1 fully saturated rings. The maximum atomic E-state index is 11.6. The first-order valence-electron chi connectivity index (χ1n) is 5.24. The maximum absolute atomic E-state index is 11.6. The molecular weight excluding hydrogens is 210 g/mol. The highest BCUT2D eigenvalue weighted by Gasteiger charge is 2.21. The number of piperidine rings is 1. The molecular formula is C11H15NO4. The second-order valence-electron chi connectivity index (χ2n) is 3.57. The highest BCUT2D eigenvalue weighted by atomic mass is 16.5. The van der Waals surface area contributed by atoms with Gasteiger partial charge in [-0.2, -0.15) is 0 Å². The Balaban J connectivity index is 2.49. The number of carbonyl (C=O) groups is 3. The van der Waals surface area contributed by atoms with Gasteiger partial charge in [0, 0.05) is 19.2 Å². The van der Waals surface area contributed by atoms with Crippen LogP contribution in [0.1, 0.15) is 19.3 Å². The lowest BCUT2D eigenvalue weighted by molar-refractivity contribution is -0.143. The van der Waals surface area contributed by atoms with Gasteiger partial charge in [0.25, 0.3) is 5.91 Å². The molecule has 0 atom stereocenters. The van der Waals surface area contributed by atoms with Crippen molar-refractivity contribution in [2.24, 2.45) is 0 Å². The number of rotatable bonds is 3. The van der Waals surface area contributed by atoms with E-state index in [-0.39, 0.29) is 0 Å². The third-order valence-electron chi connectivity index (χ3n) is 2.43. The fraction of sp³-hybridized carbons (Fsp3) is 0.545. The molecule has 16 heavy (non-hydrogen) atoms. The Morgan fingerprint density at radius 2 is 1.69 bits per heavy atom. The van der Waals surface area contributed by atoms with Gasteiger partial charge in [-0.05, 0) is 25.3 Å². The second kappa shape index (κ2) is 6.05. The SMILES string of the molecule is COC(=O)/C=C/C(=O)C(=O)N1CCCCC1. The molecule has 1 saturated heterocycles. The average Bonchev–Trinajstić information content (AvgIpc) is 2.35. The summed E-state index contributed by atoms with van der Waals surface area (Å²) in [6.07, 6.45) is 4.88. The van der Waals surface area contributed by atoms with Crippen molar-refractivity contribution in [3.63, 3.8) is 0 Å². The number of likely N-dealkylation sites (tertiary alicyclic amines) is 1. The molecule has 0 aromatic rings. The highest BCUT2D eigenvalue weighted by molar-refractivity contribution is 6.40. The van der Waals surface area contributed by atoms with Crippen LogP contribution >= 0.6 is 0 Å². The minimum Gasteiger partial charge on any atom is -0.466 e. The van der Waals surface area contributed by atoms with Crippen LogP contribution in [0.3, 0.4) is 0 Å². The van der Waals surface area contributed by atoms with Gasteiger partial charge < -0.3 is 9.64 Å². The molecule has 0 N–H and O–H groups in total. The quantitative estimate of drug-likeness (QED) is 0.393. The van der Waals surface area contributed by atoms with Crippen molar-refractivity contribution in [1.82, 2.24) is 4.90 Å². The molecule has 0 unspecified atom stereocenters. The molecule has 1 heterocycles. The minimum absolute atomic E-state index is 0.542. The monoisotopic (exact) mass is 225 g/mol. The van der Waals surface area contributed by atoms with Crippen LogP contribution in [0.5, 0.6) is 0 Å². The summed E-state index contributed by atoms with van der Waals surface area (Å²) in [6, 6.07) is 0. The van der Waals surface area contributed by atoms with Gasteiger partial charge in [0.1, 0.15) is 0 Å². The van der Waals surface area contributed by atoms with Gasteiger partial charge in [-0.3, -0.25) is 9.59 Å². The van der Waals surface area contributed by atoms with E-state index in [1.165, 1.54) is 12.0 Å². The van der Waals surface area contributed by atoms with Gasteiger partial charge in [0.15, 0.2) is 0 Å². The van der Waals surface area contributed by atoms with E-state index < -0.39 is 17.7 Å². The molecule has 0 radical (unpaired) electrons. The molecule has 1 aliphatic heterocycles. The minimum atomic E-state index is -0.674. The van der Waals surface area contributed by atoms with Crippen LogP contribution in [-0.4, -0.2) is 42.8 Å². The Morgan fingerprint density at radius 1 is 1.06 bits per heavy atom. The first-order valence-corrected chi connectivity index (χ1v) is 5.24. The second-order valence-corrected chi connectivity index (χ2v) is 3.57. The number of nitrogens with zero attached hydrogens (tertiary/aromatic N) is 1. The zero-order valence-electron chi connectivity index (χ0n) is 9.27. The lowest BCUT2D eigenvalue weighted by Crippen LogP contribution is -2.39. The van der Waals surface area contributed by atoms with E-state index in [1.54, 1.807) is 0 Å². The molecule has 1 amide bonds. The van der Waals surface area contributed by atoms with Crippen molar-refractivity contribution >= 4 is 17.7 Å². The number of hydrogen-bond donors (Lipinski definition) is 0. The van der Waals surface area contributed by atoms with Crippen LogP contribution in [-0.2, 0) is 19.1 Å². The third kappa shape index (κ3) is 3.49. The molecule has 0 bridgehead atoms. The molecule has 5 nitrogen and oxygen atoms in total. The molecule has 1 rings (SSSR count). The van der Waals surface area contributed by atoms with E-state index in [1.807, 2.05) is 0 Å². The summed E-state index contributed by atoms with van der Waals surface area (Å²) in [5.74, 6) is -1.85. The first-order chi connectivity index (χ1) is 7.65. The first kappa shape index (κ1) is 12.4.